The molecule has 3 rings (SSSR count). The molecule has 0 N–H and O–H groups in total. The summed E-state index contributed by atoms with van der Waals surface area (Å²) in [7, 11) is 0. The molecule has 4 heteroatoms. The summed E-state index contributed by atoms with van der Waals surface area (Å²) >= 11 is 7.76. The van der Waals surface area contributed by atoms with Crippen LogP contribution in [-0.4, -0.2) is 9.97 Å². The van der Waals surface area contributed by atoms with Crippen LogP contribution in [0.2, 0.25) is 5.15 Å². The van der Waals surface area contributed by atoms with E-state index in [1.807, 2.05) is 23.7 Å². The molecule has 0 bridgehead atoms. The third kappa shape index (κ3) is 2.00. The van der Waals surface area contributed by atoms with Crippen LogP contribution < -0.4 is 0 Å². The van der Waals surface area contributed by atoms with Crippen LogP contribution in [0, 0.1) is 0 Å². The summed E-state index contributed by atoms with van der Waals surface area (Å²) in [4.78, 5) is 8.74. The number of rotatable bonds is 2. The van der Waals surface area contributed by atoms with Gasteiger partial charge in [0.2, 0.25) is 0 Å². The number of fused-ring (bicyclic) bond motifs is 1. The molecule has 2 heterocycles. The number of pyridine rings is 1. The zero-order chi connectivity index (χ0) is 12.5. The molecule has 0 saturated carbocycles. The van der Waals surface area contributed by atoms with Crippen molar-refractivity contribution in [2.45, 2.75) is 13.3 Å². The maximum atomic E-state index is 6.12. The van der Waals surface area contributed by atoms with Crippen molar-refractivity contribution in [1.82, 2.24) is 9.97 Å². The molecule has 0 saturated heterocycles. The molecular weight excluding hydrogens is 264 g/mol. The topological polar surface area (TPSA) is 25.8 Å². The van der Waals surface area contributed by atoms with E-state index in [2.05, 4.69) is 29.0 Å². The SMILES string of the molecule is CCc1cc2cc(-c3nccs3)ccc2nc1Cl. The summed E-state index contributed by atoms with van der Waals surface area (Å²) < 4.78 is 0. The Hall–Kier alpha value is -1.45. The van der Waals surface area contributed by atoms with Crippen LogP contribution in [0.1, 0.15) is 12.5 Å². The Morgan fingerprint density at radius 3 is 2.89 bits per heavy atom. The van der Waals surface area contributed by atoms with Gasteiger partial charge in [-0.3, -0.25) is 0 Å². The molecule has 1 aromatic carbocycles. The van der Waals surface area contributed by atoms with Crippen molar-refractivity contribution in [3.8, 4) is 10.6 Å². The zero-order valence-electron chi connectivity index (χ0n) is 9.85. The van der Waals surface area contributed by atoms with Crippen molar-refractivity contribution in [2.75, 3.05) is 0 Å². The first kappa shape index (κ1) is 11.6. The maximum Gasteiger partial charge on any atom is 0.132 e. The fourth-order valence-corrected chi connectivity index (χ4v) is 2.86. The molecule has 0 spiro atoms. The Balaban J connectivity index is 2.20. The molecule has 2 nitrogen and oxygen atoms in total. The van der Waals surface area contributed by atoms with Crippen LogP contribution in [0.25, 0.3) is 21.5 Å². The molecule has 0 unspecified atom stereocenters. The van der Waals surface area contributed by atoms with E-state index in [1.165, 1.54) is 0 Å². The number of thiazole rings is 1. The van der Waals surface area contributed by atoms with Crippen molar-refractivity contribution in [1.29, 1.82) is 0 Å². The lowest BCUT2D eigenvalue weighted by molar-refractivity contribution is 1.12. The number of aromatic nitrogens is 2. The van der Waals surface area contributed by atoms with E-state index in [0.29, 0.717) is 5.15 Å². The van der Waals surface area contributed by atoms with Gasteiger partial charge in [-0.25, -0.2) is 9.97 Å². The van der Waals surface area contributed by atoms with Gasteiger partial charge in [0.1, 0.15) is 10.2 Å². The molecule has 0 atom stereocenters. The predicted octanol–water partition coefficient (Wildman–Crippen LogP) is 4.57. The fraction of sp³-hybridized carbons (Fsp3) is 0.143. The van der Waals surface area contributed by atoms with Gasteiger partial charge < -0.3 is 0 Å². The van der Waals surface area contributed by atoms with E-state index in [4.69, 9.17) is 11.6 Å². The first-order valence-corrected chi connectivity index (χ1v) is 7.02. The van der Waals surface area contributed by atoms with Crippen LogP contribution in [0.4, 0.5) is 0 Å². The number of aryl methyl sites for hydroxylation is 1. The monoisotopic (exact) mass is 274 g/mol. The van der Waals surface area contributed by atoms with Crippen molar-refractivity contribution in [3.63, 3.8) is 0 Å². The number of hydrogen-bond donors (Lipinski definition) is 0. The van der Waals surface area contributed by atoms with E-state index in [1.54, 1.807) is 11.3 Å². The first-order chi connectivity index (χ1) is 8.78. The zero-order valence-corrected chi connectivity index (χ0v) is 11.4. The molecule has 0 amide bonds. The van der Waals surface area contributed by atoms with Crippen molar-refractivity contribution in [2.24, 2.45) is 0 Å². The van der Waals surface area contributed by atoms with Crippen LogP contribution in [0.3, 0.4) is 0 Å². The van der Waals surface area contributed by atoms with Crippen molar-refractivity contribution < 1.29 is 0 Å². The minimum absolute atomic E-state index is 0.604. The molecule has 18 heavy (non-hydrogen) atoms. The lowest BCUT2D eigenvalue weighted by Gasteiger charge is -2.05. The molecule has 0 aliphatic heterocycles. The highest BCUT2D eigenvalue weighted by Crippen LogP contribution is 2.27. The van der Waals surface area contributed by atoms with Gasteiger partial charge in [-0.15, -0.1) is 11.3 Å². The quantitative estimate of drug-likeness (QED) is 0.640. The van der Waals surface area contributed by atoms with Gasteiger partial charge in [-0.2, -0.15) is 0 Å². The summed E-state index contributed by atoms with van der Waals surface area (Å²) in [5.41, 5.74) is 3.14. The van der Waals surface area contributed by atoms with Crippen LogP contribution in [-0.2, 0) is 6.42 Å². The number of benzene rings is 1. The number of nitrogens with zero attached hydrogens (tertiary/aromatic N) is 2. The van der Waals surface area contributed by atoms with Gasteiger partial charge in [0.05, 0.1) is 5.52 Å². The molecule has 0 aliphatic carbocycles. The minimum atomic E-state index is 0.604. The Morgan fingerprint density at radius 2 is 2.17 bits per heavy atom. The minimum Gasteiger partial charge on any atom is -0.245 e. The van der Waals surface area contributed by atoms with E-state index >= 15 is 0 Å². The number of halogens is 1. The van der Waals surface area contributed by atoms with Crippen molar-refractivity contribution >= 4 is 33.8 Å². The van der Waals surface area contributed by atoms with Gasteiger partial charge in [0, 0.05) is 22.5 Å². The summed E-state index contributed by atoms with van der Waals surface area (Å²) in [6.45, 7) is 2.08. The van der Waals surface area contributed by atoms with Gasteiger partial charge in [0.25, 0.3) is 0 Å². The third-order valence-electron chi connectivity index (χ3n) is 2.90. The second kappa shape index (κ2) is 4.67. The molecule has 3 aromatic rings. The normalized spacial score (nSPS) is 11.0. The Morgan fingerprint density at radius 1 is 1.28 bits per heavy atom. The first-order valence-electron chi connectivity index (χ1n) is 5.77. The van der Waals surface area contributed by atoms with Gasteiger partial charge >= 0.3 is 0 Å². The maximum absolute atomic E-state index is 6.12. The predicted molar refractivity (Wildman–Crippen MR) is 77.2 cm³/mol. The highest BCUT2D eigenvalue weighted by Gasteiger charge is 2.06. The van der Waals surface area contributed by atoms with Crippen LogP contribution >= 0.6 is 22.9 Å². The Kier molecular flexibility index (Phi) is 3.02. The fourth-order valence-electron chi connectivity index (χ4n) is 1.94. The molecule has 0 radical (unpaired) electrons. The highest BCUT2D eigenvalue weighted by molar-refractivity contribution is 7.13. The lowest BCUT2D eigenvalue weighted by atomic mass is 10.1. The van der Waals surface area contributed by atoms with E-state index < -0.39 is 0 Å². The van der Waals surface area contributed by atoms with E-state index in [-0.39, 0.29) is 0 Å². The molecule has 0 aliphatic rings. The second-order valence-corrected chi connectivity index (χ2v) is 5.29. The highest BCUT2D eigenvalue weighted by atomic mass is 35.5. The van der Waals surface area contributed by atoms with E-state index in [0.717, 1.165) is 33.5 Å². The number of hydrogen-bond acceptors (Lipinski definition) is 3. The summed E-state index contributed by atoms with van der Waals surface area (Å²) in [5, 5.41) is 4.73. The average molecular weight is 275 g/mol. The molecule has 0 fully saturated rings. The average Bonchev–Trinajstić information content (AvgIpc) is 2.91. The smallest absolute Gasteiger partial charge is 0.132 e. The van der Waals surface area contributed by atoms with Gasteiger partial charge in [-0.05, 0) is 36.2 Å². The summed E-state index contributed by atoms with van der Waals surface area (Å²) in [5.74, 6) is 0. The Labute approximate surface area is 114 Å². The summed E-state index contributed by atoms with van der Waals surface area (Å²) in [6, 6.07) is 8.27. The molecule has 90 valence electrons. The molecular formula is C14H11ClN2S. The van der Waals surface area contributed by atoms with Crippen LogP contribution in [0.5, 0.6) is 0 Å². The second-order valence-electron chi connectivity index (χ2n) is 4.04. The molecule has 2 aromatic heterocycles. The largest absolute Gasteiger partial charge is 0.245 e. The third-order valence-corrected chi connectivity index (χ3v) is 4.05. The van der Waals surface area contributed by atoms with Gasteiger partial charge in [0.15, 0.2) is 0 Å². The van der Waals surface area contributed by atoms with Crippen molar-refractivity contribution in [3.05, 3.63) is 46.6 Å². The van der Waals surface area contributed by atoms with E-state index in [9.17, 15) is 0 Å². The lowest BCUT2D eigenvalue weighted by Crippen LogP contribution is -1.88. The summed E-state index contributed by atoms with van der Waals surface area (Å²) in [6.07, 6.45) is 2.71. The van der Waals surface area contributed by atoms with Gasteiger partial charge in [-0.1, -0.05) is 18.5 Å². The Bertz CT molecular complexity index is 692. The standard InChI is InChI=1S/C14H11ClN2S/c1-2-9-7-11-8-10(14-16-5-6-18-14)3-4-12(11)17-13(9)15/h3-8H,2H2,1H3. The van der Waals surface area contributed by atoms with Crippen LogP contribution in [0.15, 0.2) is 35.8 Å².